The average molecular weight is 382 g/mol. The molecule has 1 fully saturated rings. The summed E-state index contributed by atoms with van der Waals surface area (Å²) in [4.78, 5) is 0. The van der Waals surface area contributed by atoms with Crippen molar-refractivity contribution in [1.29, 1.82) is 0 Å². The maximum absolute atomic E-state index is 10.4. The molecule has 18 heavy (non-hydrogen) atoms. The summed E-state index contributed by atoms with van der Waals surface area (Å²) in [6, 6.07) is 7.89. The SMILES string of the molecule is Cl.N[C@@H](c1cccc(I)c1)[C@H](O)C1CCCCC1. The van der Waals surface area contributed by atoms with Crippen LogP contribution in [0.2, 0.25) is 0 Å². The zero-order chi connectivity index (χ0) is 12.3. The number of nitrogens with two attached hydrogens (primary N) is 1. The molecule has 1 saturated carbocycles. The fraction of sp³-hybridized carbons (Fsp3) is 0.571. The quantitative estimate of drug-likeness (QED) is 0.785. The van der Waals surface area contributed by atoms with Crippen molar-refractivity contribution >= 4 is 35.0 Å². The monoisotopic (exact) mass is 381 g/mol. The van der Waals surface area contributed by atoms with E-state index in [1.54, 1.807) is 0 Å². The number of hydrogen-bond donors (Lipinski definition) is 2. The summed E-state index contributed by atoms with van der Waals surface area (Å²) in [5.41, 5.74) is 7.24. The Labute approximate surface area is 129 Å². The molecule has 0 amide bonds. The van der Waals surface area contributed by atoms with E-state index in [0.29, 0.717) is 5.92 Å². The molecule has 2 atom stereocenters. The lowest BCUT2D eigenvalue weighted by atomic mass is 9.81. The maximum atomic E-state index is 10.4. The van der Waals surface area contributed by atoms with Crippen LogP contribution in [0.3, 0.4) is 0 Å². The molecule has 1 aliphatic rings. The van der Waals surface area contributed by atoms with E-state index in [-0.39, 0.29) is 18.4 Å². The molecule has 0 unspecified atom stereocenters. The zero-order valence-electron chi connectivity index (χ0n) is 10.4. The highest BCUT2D eigenvalue weighted by molar-refractivity contribution is 14.1. The molecule has 102 valence electrons. The van der Waals surface area contributed by atoms with E-state index in [2.05, 4.69) is 28.7 Å². The number of halogens is 2. The van der Waals surface area contributed by atoms with Crippen molar-refractivity contribution in [2.45, 2.75) is 44.2 Å². The largest absolute Gasteiger partial charge is 0.391 e. The van der Waals surface area contributed by atoms with Gasteiger partial charge in [-0.2, -0.15) is 0 Å². The molecule has 1 aromatic rings. The molecule has 3 N–H and O–H groups in total. The number of benzene rings is 1. The maximum Gasteiger partial charge on any atom is 0.0760 e. The molecule has 1 aliphatic carbocycles. The Morgan fingerprint density at radius 1 is 1.22 bits per heavy atom. The van der Waals surface area contributed by atoms with Crippen LogP contribution in [-0.2, 0) is 0 Å². The van der Waals surface area contributed by atoms with Crippen molar-refractivity contribution in [1.82, 2.24) is 0 Å². The van der Waals surface area contributed by atoms with Gasteiger partial charge in [0.15, 0.2) is 0 Å². The molecule has 0 heterocycles. The van der Waals surface area contributed by atoms with Gasteiger partial charge in [-0.3, -0.25) is 0 Å². The second-order valence-corrected chi connectivity index (χ2v) is 6.22. The van der Waals surface area contributed by atoms with E-state index in [9.17, 15) is 5.11 Å². The predicted molar refractivity (Wildman–Crippen MR) is 85.9 cm³/mol. The fourth-order valence-corrected chi connectivity index (χ4v) is 3.25. The first kappa shape index (κ1) is 16.2. The van der Waals surface area contributed by atoms with E-state index >= 15 is 0 Å². The fourth-order valence-electron chi connectivity index (χ4n) is 2.68. The van der Waals surface area contributed by atoms with Crippen molar-refractivity contribution in [3.63, 3.8) is 0 Å². The van der Waals surface area contributed by atoms with Gasteiger partial charge >= 0.3 is 0 Å². The third kappa shape index (κ3) is 4.08. The standard InChI is InChI=1S/C14H20INO.ClH/c15-12-8-4-7-11(9-12)13(16)14(17)10-5-2-1-3-6-10;/h4,7-10,13-14,17H,1-3,5-6,16H2;1H/t13-,14+;/m0./s1. The molecular formula is C14H21ClINO. The van der Waals surface area contributed by atoms with Crippen molar-refractivity contribution in [2.24, 2.45) is 11.7 Å². The summed E-state index contributed by atoms with van der Waals surface area (Å²) in [7, 11) is 0. The molecular weight excluding hydrogens is 361 g/mol. The van der Waals surface area contributed by atoms with Crippen molar-refractivity contribution in [2.75, 3.05) is 0 Å². The van der Waals surface area contributed by atoms with Gasteiger partial charge in [0.05, 0.1) is 12.1 Å². The van der Waals surface area contributed by atoms with Gasteiger partial charge in [-0.05, 0) is 59.0 Å². The van der Waals surface area contributed by atoms with Crippen LogP contribution >= 0.6 is 35.0 Å². The summed E-state index contributed by atoms with van der Waals surface area (Å²) < 4.78 is 1.17. The van der Waals surface area contributed by atoms with Crippen LogP contribution < -0.4 is 5.73 Å². The second kappa shape index (κ2) is 7.68. The first-order valence-electron chi connectivity index (χ1n) is 6.37. The van der Waals surface area contributed by atoms with Gasteiger partial charge in [0.25, 0.3) is 0 Å². The highest BCUT2D eigenvalue weighted by Gasteiger charge is 2.27. The molecule has 4 heteroatoms. The van der Waals surface area contributed by atoms with Gasteiger partial charge in [-0.1, -0.05) is 31.4 Å². The van der Waals surface area contributed by atoms with Gasteiger partial charge in [-0.15, -0.1) is 12.4 Å². The van der Waals surface area contributed by atoms with Gasteiger partial charge in [0.2, 0.25) is 0 Å². The van der Waals surface area contributed by atoms with Crippen LogP contribution in [0.25, 0.3) is 0 Å². The third-order valence-electron chi connectivity index (χ3n) is 3.73. The van der Waals surface area contributed by atoms with Gasteiger partial charge in [0, 0.05) is 3.57 Å². The first-order chi connectivity index (χ1) is 8.18. The Morgan fingerprint density at radius 2 is 1.89 bits per heavy atom. The summed E-state index contributed by atoms with van der Waals surface area (Å²) in [5.74, 6) is 0.386. The molecule has 0 radical (unpaired) electrons. The minimum absolute atomic E-state index is 0. The normalized spacial score (nSPS) is 19.9. The highest BCUT2D eigenvalue weighted by Crippen LogP contribution is 2.31. The Bertz CT molecular complexity index is 369. The summed E-state index contributed by atoms with van der Waals surface area (Å²) >= 11 is 2.28. The lowest BCUT2D eigenvalue weighted by Crippen LogP contribution is -2.34. The molecule has 0 aromatic heterocycles. The lowest BCUT2D eigenvalue weighted by Gasteiger charge is -2.30. The topological polar surface area (TPSA) is 46.2 Å². The van der Waals surface area contributed by atoms with Gasteiger partial charge in [-0.25, -0.2) is 0 Å². The summed E-state index contributed by atoms with van der Waals surface area (Å²) in [6.45, 7) is 0. The van der Waals surface area contributed by atoms with Gasteiger partial charge < -0.3 is 10.8 Å². The van der Waals surface area contributed by atoms with E-state index < -0.39 is 6.10 Å². The number of aliphatic hydroxyl groups excluding tert-OH is 1. The number of aliphatic hydroxyl groups is 1. The van der Waals surface area contributed by atoms with E-state index in [1.807, 2.05) is 18.2 Å². The molecule has 0 saturated heterocycles. The van der Waals surface area contributed by atoms with Crippen LogP contribution in [-0.4, -0.2) is 11.2 Å². The summed E-state index contributed by atoms with van der Waals surface area (Å²) in [5, 5.41) is 10.4. The molecule has 2 rings (SSSR count). The first-order valence-corrected chi connectivity index (χ1v) is 7.45. The molecule has 0 aliphatic heterocycles. The van der Waals surface area contributed by atoms with Crippen molar-refractivity contribution in [3.8, 4) is 0 Å². The Morgan fingerprint density at radius 3 is 2.50 bits per heavy atom. The van der Waals surface area contributed by atoms with E-state index in [0.717, 1.165) is 18.4 Å². The Hall–Kier alpha value is 0.160. The van der Waals surface area contributed by atoms with E-state index in [1.165, 1.54) is 22.8 Å². The molecule has 0 bridgehead atoms. The third-order valence-corrected chi connectivity index (χ3v) is 4.41. The lowest BCUT2D eigenvalue weighted by molar-refractivity contribution is 0.0618. The number of rotatable bonds is 3. The van der Waals surface area contributed by atoms with Crippen LogP contribution in [0, 0.1) is 9.49 Å². The van der Waals surface area contributed by atoms with Gasteiger partial charge in [0.1, 0.15) is 0 Å². The van der Waals surface area contributed by atoms with Crippen molar-refractivity contribution in [3.05, 3.63) is 33.4 Å². The number of hydrogen-bond acceptors (Lipinski definition) is 2. The Balaban J connectivity index is 0.00000162. The average Bonchev–Trinajstić information content (AvgIpc) is 2.38. The second-order valence-electron chi connectivity index (χ2n) is 4.97. The van der Waals surface area contributed by atoms with Crippen LogP contribution in [0.15, 0.2) is 24.3 Å². The van der Waals surface area contributed by atoms with Crippen LogP contribution in [0.5, 0.6) is 0 Å². The van der Waals surface area contributed by atoms with E-state index in [4.69, 9.17) is 5.73 Å². The van der Waals surface area contributed by atoms with Crippen LogP contribution in [0.4, 0.5) is 0 Å². The minimum Gasteiger partial charge on any atom is -0.391 e. The Kier molecular flexibility index (Phi) is 6.92. The molecule has 2 nitrogen and oxygen atoms in total. The summed E-state index contributed by atoms with van der Waals surface area (Å²) in [6.07, 6.45) is 5.63. The van der Waals surface area contributed by atoms with Crippen LogP contribution in [0.1, 0.15) is 43.7 Å². The van der Waals surface area contributed by atoms with Crippen molar-refractivity contribution < 1.29 is 5.11 Å². The predicted octanol–water partition coefficient (Wildman–Crippen LogP) is 3.65. The molecule has 1 aromatic carbocycles. The molecule has 0 spiro atoms. The minimum atomic E-state index is -0.395. The smallest absolute Gasteiger partial charge is 0.0760 e. The zero-order valence-corrected chi connectivity index (χ0v) is 13.4. The highest BCUT2D eigenvalue weighted by atomic mass is 127.